The van der Waals surface area contributed by atoms with Crippen molar-refractivity contribution < 1.29 is 4.79 Å². The molecule has 1 fully saturated rings. The quantitative estimate of drug-likeness (QED) is 0.728. The van der Waals surface area contributed by atoms with Gasteiger partial charge in [-0.1, -0.05) is 29.3 Å². The Morgan fingerprint density at radius 2 is 1.79 bits per heavy atom. The van der Waals surface area contributed by atoms with Crippen molar-refractivity contribution in [1.82, 2.24) is 19.3 Å². The van der Waals surface area contributed by atoms with E-state index >= 15 is 0 Å². The molecule has 0 spiro atoms. The number of likely N-dealkylation sites (tertiary alicyclic amines) is 1. The van der Waals surface area contributed by atoms with Crippen LogP contribution in [-0.2, 0) is 0 Å². The number of carbonyl (C=O) groups excluding carboxylic acids is 1. The van der Waals surface area contributed by atoms with E-state index in [0.29, 0.717) is 11.3 Å². The molecule has 1 saturated heterocycles. The van der Waals surface area contributed by atoms with Crippen LogP contribution >= 0.6 is 0 Å². The van der Waals surface area contributed by atoms with Gasteiger partial charge >= 0.3 is 0 Å². The zero-order valence-corrected chi connectivity index (χ0v) is 13.9. The monoisotopic (exact) mass is 320 g/mol. The van der Waals surface area contributed by atoms with Gasteiger partial charge < -0.3 is 9.30 Å². The second-order valence-corrected chi connectivity index (χ2v) is 6.51. The van der Waals surface area contributed by atoms with Crippen LogP contribution in [0.15, 0.2) is 43.0 Å². The lowest BCUT2D eigenvalue weighted by Crippen LogP contribution is -2.31. The zero-order valence-electron chi connectivity index (χ0n) is 13.9. The van der Waals surface area contributed by atoms with Gasteiger partial charge in [0.05, 0.1) is 6.04 Å². The lowest BCUT2D eigenvalue weighted by atomic mass is 9.99. The molecule has 24 heavy (non-hydrogen) atoms. The summed E-state index contributed by atoms with van der Waals surface area (Å²) in [5, 5.41) is 0. The molecular weight excluding hydrogens is 300 g/mol. The molecule has 0 unspecified atom stereocenters. The zero-order chi connectivity index (χ0) is 16.7. The first-order valence-electron chi connectivity index (χ1n) is 8.30. The van der Waals surface area contributed by atoms with Crippen LogP contribution in [0.4, 0.5) is 0 Å². The summed E-state index contributed by atoms with van der Waals surface area (Å²) >= 11 is 0. The molecule has 2 aromatic heterocycles. The van der Waals surface area contributed by atoms with Gasteiger partial charge in [0.2, 0.25) is 0 Å². The predicted molar refractivity (Wildman–Crippen MR) is 91.9 cm³/mol. The Bertz CT molecular complexity index is 894. The highest BCUT2D eigenvalue weighted by atomic mass is 16.2. The van der Waals surface area contributed by atoms with Gasteiger partial charge in [-0.2, -0.15) is 0 Å². The van der Waals surface area contributed by atoms with Gasteiger partial charge in [-0.15, -0.1) is 0 Å². The minimum Gasteiger partial charge on any atom is -0.330 e. The van der Waals surface area contributed by atoms with Crippen LogP contribution in [0.2, 0.25) is 0 Å². The van der Waals surface area contributed by atoms with Crippen molar-refractivity contribution in [2.75, 3.05) is 6.54 Å². The van der Waals surface area contributed by atoms with Crippen molar-refractivity contribution in [1.29, 1.82) is 0 Å². The maximum Gasteiger partial charge on any atom is 0.276 e. The molecule has 4 rings (SSSR count). The standard InChI is InChI=1S/C19H20N4O/c1-13-10-14(2)12-15(11-13)16-4-3-7-23(16)19(24)17-18-21-6-9-22(18)8-5-20-17/h5-6,8-12,16H,3-4,7H2,1-2H3/t16-/m1/s1. The molecule has 1 aromatic carbocycles. The molecule has 1 aliphatic rings. The van der Waals surface area contributed by atoms with Crippen LogP contribution in [0.3, 0.4) is 0 Å². The van der Waals surface area contributed by atoms with Gasteiger partial charge in [0.15, 0.2) is 11.3 Å². The Morgan fingerprint density at radius 3 is 2.54 bits per heavy atom. The van der Waals surface area contributed by atoms with Crippen molar-refractivity contribution in [2.24, 2.45) is 0 Å². The van der Waals surface area contributed by atoms with Gasteiger partial charge in [-0.05, 0) is 32.3 Å². The summed E-state index contributed by atoms with van der Waals surface area (Å²) < 4.78 is 1.84. The van der Waals surface area contributed by atoms with Crippen LogP contribution in [0, 0.1) is 13.8 Å². The molecule has 3 heterocycles. The first kappa shape index (κ1) is 14.9. The van der Waals surface area contributed by atoms with Crippen molar-refractivity contribution in [3.05, 3.63) is 65.4 Å². The first-order valence-corrected chi connectivity index (χ1v) is 8.30. The largest absolute Gasteiger partial charge is 0.330 e. The van der Waals surface area contributed by atoms with Crippen LogP contribution in [0.1, 0.15) is 46.1 Å². The van der Waals surface area contributed by atoms with Crippen molar-refractivity contribution in [3.63, 3.8) is 0 Å². The summed E-state index contributed by atoms with van der Waals surface area (Å²) in [7, 11) is 0. The van der Waals surface area contributed by atoms with Gasteiger partial charge in [-0.25, -0.2) is 9.97 Å². The van der Waals surface area contributed by atoms with Crippen molar-refractivity contribution in [2.45, 2.75) is 32.7 Å². The fourth-order valence-electron chi connectivity index (χ4n) is 3.70. The third kappa shape index (κ3) is 2.46. The van der Waals surface area contributed by atoms with Gasteiger partial charge in [0, 0.05) is 31.3 Å². The van der Waals surface area contributed by atoms with Crippen LogP contribution < -0.4 is 0 Å². The van der Waals surface area contributed by atoms with Crippen LogP contribution in [0.25, 0.3) is 5.65 Å². The second kappa shape index (κ2) is 5.74. The summed E-state index contributed by atoms with van der Waals surface area (Å²) in [6, 6.07) is 6.66. The number of hydrogen-bond donors (Lipinski definition) is 0. The molecule has 5 nitrogen and oxygen atoms in total. The summed E-state index contributed by atoms with van der Waals surface area (Å²) in [6.07, 6.45) is 9.00. The molecule has 0 aliphatic carbocycles. The number of amides is 1. The number of aromatic nitrogens is 3. The molecule has 0 N–H and O–H groups in total. The third-order valence-corrected chi connectivity index (χ3v) is 4.66. The summed E-state index contributed by atoms with van der Waals surface area (Å²) in [5.74, 6) is -0.0338. The number of nitrogens with zero attached hydrogens (tertiary/aromatic N) is 4. The summed E-state index contributed by atoms with van der Waals surface area (Å²) in [4.78, 5) is 23.7. The molecule has 1 aliphatic heterocycles. The van der Waals surface area contributed by atoms with Gasteiger partial charge in [0.1, 0.15) is 0 Å². The Hall–Kier alpha value is -2.69. The number of rotatable bonds is 2. The number of fused-ring (bicyclic) bond motifs is 1. The average Bonchev–Trinajstić information content (AvgIpc) is 3.21. The molecule has 1 atom stereocenters. The number of hydrogen-bond acceptors (Lipinski definition) is 3. The number of aryl methyl sites for hydroxylation is 2. The van der Waals surface area contributed by atoms with E-state index in [1.807, 2.05) is 21.7 Å². The topological polar surface area (TPSA) is 50.5 Å². The summed E-state index contributed by atoms with van der Waals surface area (Å²) in [6.45, 7) is 4.97. The lowest BCUT2D eigenvalue weighted by molar-refractivity contribution is 0.0731. The molecule has 122 valence electrons. The molecule has 5 heteroatoms. The van der Waals surface area contributed by atoms with Crippen molar-refractivity contribution >= 4 is 11.6 Å². The summed E-state index contributed by atoms with van der Waals surface area (Å²) in [5.41, 5.74) is 4.73. The SMILES string of the molecule is Cc1cc(C)cc([C@H]2CCCN2C(=O)c2nccn3ccnc23)c1. The molecule has 3 aromatic rings. The van der Waals surface area contributed by atoms with Crippen LogP contribution in [0.5, 0.6) is 0 Å². The third-order valence-electron chi connectivity index (χ3n) is 4.66. The minimum absolute atomic E-state index is 0.0338. The minimum atomic E-state index is -0.0338. The highest BCUT2D eigenvalue weighted by Crippen LogP contribution is 2.34. The van der Waals surface area contributed by atoms with E-state index in [4.69, 9.17) is 0 Å². The Labute approximate surface area is 141 Å². The molecule has 0 bridgehead atoms. The smallest absolute Gasteiger partial charge is 0.276 e. The van der Waals surface area contributed by atoms with E-state index < -0.39 is 0 Å². The van der Waals surface area contributed by atoms with E-state index in [-0.39, 0.29) is 11.9 Å². The highest BCUT2D eigenvalue weighted by molar-refractivity contribution is 5.98. The lowest BCUT2D eigenvalue weighted by Gasteiger charge is -2.25. The van der Waals surface area contributed by atoms with E-state index in [2.05, 4.69) is 42.0 Å². The van der Waals surface area contributed by atoms with Gasteiger partial charge in [0.25, 0.3) is 5.91 Å². The van der Waals surface area contributed by atoms with Crippen LogP contribution in [-0.4, -0.2) is 31.7 Å². The molecule has 1 amide bonds. The highest BCUT2D eigenvalue weighted by Gasteiger charge is 2.32. The second-order valence-electron chi connectivity index (χ2n) is 6.51. The molecular formula is C19H20N4O. The van der Waals surface area contributed by atoms with E-state index in [1.54, 1.807) is 12.4 Å². The number of carbonyl (C=O) groups is 1. The maximum atomic E-state index is 13.1. The first-order chi connectivity index (χ1) is 11.6. The Balaban J connectivity index is 1.72. The van der Waals surface area contributed by atoms with E-state index in [9.17, 15) is 4.79 Å². The fourth-order valence-corrected chi connectivity index (χ4v) is 3.70. The number of imidazole rings is 1. The molecule has 0 radical (unpaired) electrons. The van der Waals surface area contributed by atoms with E-state index in [1.165, 1.54) is 16.7 Å². The van der Waals surface area contributed by atoms with Gasteiger partial charge in [-0.3, -0.25) is 4.79 Å². The predicted octanol–water partition coefficient (Wildman–Crippen LogP) is 3.32. The van der Waals surface area contributed by atoms with Crippen molar-refractivity contribution in [3.8, 4) is 0 Å². The molecule has 0 saturated carbocycles. The normalized spacial score (nSPS) is 17.6. The number of benzene rings is 1. The Kier molecular flexibility index (Phi) is 3.56. The average molecular weight is 320 g/mol. The Morgan fingerprint density at radius 1 is 1.08 bits per heavy atom. The fraction of sp³-hybridized carbons (Fsp3) is 0.316. The van der Waals surface area contributed by atoms with E-state index in [0.717, 1.165) is 19.4 Å². The maximum absolute atomic E-state index is 13.1.